The molecule has 1 N–H and O–H groups in total. The third-order valence-corrected chi connectivity index (χ3v) is 4.86. The number of nitrogens with one attached hydrogen (secondary N) is 1. The number of carbonyl (C=O) groups is 1. The van der Waals surface area contributed by atoms with Crippen LogP contribution in [-0.2, 0) is 4.79 Å². The lowest BCUT2D eigenvalue weighted by Gasteiger charge is -2.45. The van der Waals surface area contributed by atoms with Crippen LogP contribution in [0.25, 0.3) is 0 Å². The lowest BCUT2D eigenvalue weighted by molar-refractivity contribution is -0.135. The highest BCUT2D eigenvalue weighted by Gasteiger charge is 2.32. The van der Waals surface area contributed by atoms with E-state index in [1.54, 1.807) is 0 Å². The molecule has 0 saturated carbocycles. The molecule has 5 heteroatoms. The fourth-order valence-electron chi connectivity index (χ4n) is 2.87. The van der Waals surface area contributed by atoms with Crippen LogP contribution in [0.15, 0.2) is 22.7 Å². The molecule has 102 valence electrons. The molecule has 1 amide bonds. The molecule has 0 bridgehead atoms. The first-order valence-corrected chi connectivity index (χ1v) is 7.46. The predicted octanol–water partition coefficient (Wildman–Crippen LogP) is 1.38. The molecule has 2 fully saturated rings. The molecule has 1 aromatic carbocycles. The monoisotopic (exact) mass is 323 g/mol. The number of hydrogen-bond donors (Lipinski definition) is 1. The number of carbonyl (C=O) groups excluding carboxylic acids is 1. The highest BCUT2D eigenvalue weighted by Crippen LogP contribution is 2.25. The molecule has 4 nitrogen and oxygen atoms in total. The Bertz CT molecular complexity index is 505. The summed E-state index contributed by atoms with van der Waals surface area (Å²) in [5.74, 6) is 0.239. The fourth-order valence-corrected chi connectivity index (χ4v) is 3.11. The molecule has 0 spiro atoms. The van der Waals surface area contributed by atoms with Crippen molar-refractivity contribution in [1.82, 2.24) is 10.2 Å². The van der Waals surface area contributed by atoms with Crippen molar-refractivity contribution in [2.24, 2.45) is 0 Å². The van der Waals surface area contributed by atoms with Crippen LogP contribution < -0.4 is 10.2 Å². The first-order valence-electron chi connectivity index (χ1n) is 6.66. The van der Waals surface area contributed by atoms with Gasteiger partial charge in [0.1, 0.15) is 0 Å². The molecule has 0 aliphatic carbocycles. The van der Waals surface area contributed by atoms with Crippen molar-refractivity contribution in [3.63, 3.8) is 0 Å². The zero-order chi connectivity index (χ0) is 13.4. The van der Waals surface area contributed by atoms with Crippen LogP contribution in [0.2, 0.25) is 0 Å². The minimum Gasteiger partial charge on any atom is -0.368 e. The Labute approximate surface area is 121 Å². The van der Waals surface area contributed by atoms with Gasteiger partial charge in [0, 0.05) is 36.3 Å². The summed E-state index contributed by atoms with van der Waals surface area (Å²) in [5.41, 5.74) is 2.50. The minimum absolute atomic E-state index is 0.239. The first-order chi connectivity index (χ1) is 9.15. The van der Waals surface area contributed by atoms with E-state index in [0.717, 1.165) is 30.7 Å². The molecule has 2 saturated heterocycles. The Morgan fingerprint density at radius 3 is 3.00 bits per heavy atom. The normalized spacial score (nSPS) is 23.5. The van der Waals surface area contributed by atoms with Crippen molar-refractivity contribution in [3.05, 3.63) is 28.2 Å². The number of hydrogen-bond acceptors (Lipinski definition) is 3. The standard InChI is InChI=1S/C14H18BrN3O/c1-10-6-11(2-3-13(10)15)17-4-5-18-12(9-17)7-16-8-14(18)19/h2-3,6,12,16H,4-5,7-9H2,1H3. The zero-order valence-corrected chi connectivity index (χ0v) is 12.6. The summed E-state index contributed by atoms with van der Waals surface area (Å²) in [6.07, 6.45) is 0. The maximum Gasteiger partial charge on any atom is 0.236 e. The number of aryl methyl sites for hydroxylation is 1. The smallest absolute Gasteiger partial charge is 0.236 e. The molecule has 3 rings (SSSR count). The number of anilines is 1. The van der Waals surface area contributed by atoms with Crippen LogP contribution in [0.5, 0.6) is 0 Å². The van der Waals surface area contributed by atoms with E-state index in [0.29, 0.717) is 12.6 Å². The highest BCUT2D eigenvalue weighted by molar-refractivity contribution is 9.10. The molecular weight excluding hydrogens is 306 g/mol. The number of fused-ring (bicyclic) bond motifs is 1. The van der Waals surface area contributed by atoms with E-state index in [1.165, 1.54) is 11.3 Å². The van der Waals surface area contributed by atoms with Crippen LogP contribution in [-0.4, -0.2) is 49.6 Å². The summed E-state index contributed by atoms with van der Waals surface area (Å²) < 4.78 is 1.14. The van der Waals surface area contributed by atoms with E-state index in [9.17, 15) is 4.79 Å². The van der Waals surface area contributed by atoms with Crippen LogP contribution in [0.1, 0.15) is 5.56 Å². The molecule has 2 aliphatic rings. The largest absolute Gasteiger partial charge is 0.368 e. The van der Waals surface area contributed by atoms with Gasteiger partial charge in [0.2, 0.25) is 5.91 Å². The van der Waals surface area contributed by atoms with Gasteiger partial charge in [0.15, 0.2) is 0 Å². The van der Waals surface area contributed by atoms with Gasteiger partial charge in [-0.15, -0.1) is 0 Å². The zero-order valence-electron chi connectivity index (χ0n) is 11.0. The van der Waals surface area contributed by atoms with Crippen LogP contribution in [0.3, 0.4) is 0 Å². The van der Waals surface area contributed by atoms with E-state index in [1.807, 2.05) is 4.90 Å². The first kappa shape index (κ1) is 12.9. The highest BCUT2D eigenvalue weighted by atomic mass is 79.9. The molecule has 0 aromatic heterocycles. The van der Waals surface area contributed by atoms with Gasteiger partial charge in [-0.3, -0.25) is 4.79 Å². The van der Waals surface area contributed by atoms with Gasteiger partial charge in [0.25, 0.3) is 0 Å². The lowest BCUT2D eigenvalue weighted by atomic mass is 10.1. The SMILES string of the molecule is Cc1cc(N2CCN3C(=O)CNCC3C2)ccc1Br. The topological polar surface area (TPSA) is 35.6 Å². The summed E-state index contributed by atoms with van der Waals surface area (Å²) in [6, 6.07) is 6.75. The van der Waals surface area contributed by atoms with E-state index in [4.69, 9.17) is 0 Å². The lowest BCUT2D eigenvalue weighted by Crippen LogP contribution is -2.63. The van der Waals surface area contributed by atoms with Crippen molar-refractivity contribution in [2.75, 3.05) is 37.6 Å². The van der Waals surface area contributed by atoms with Crippen molar-refractivity contribution in [3.8, 4) is 0 Å². The second-order valence-corrected chi connectivity index (χ2v) is 6.11. The van der Waals surface area contributed by atoms with Gasteiger partial charge in [-0.25, -0.2) is 0 Å². The van der Waals surface area contributed by atoms with Crippen molar-refractivity contribution in [1.29, 1.82) is 0 Å². The van der Waals surface area contributed by atoms with Crippen LogP contribution >= 0.6 is 15.9 Å². The summed E-state index contributed by atoms with van der Waals surface area (Å²) in [4.78, 5) is 16.2. The average Bonchev–Trinajstić information content (AvgIpc) is 2.42. The van der Waals surface area contributed by atoms with Crippen LogP contribution in [0, 0.1) is 6.92 Å². The van der Waals surface area contributed by atoms with Gasteiger partial charge in [-0.2, -0.15) is 0 Å². The van der Waals surface area contributed by atoms with E-state index in [2.05, 4.69) is 51.3 Å². The number of amides is 1. The summed E-state index contributed by atoms with van der Waals surface area (Å²) in [6.45, 7) is 6.17. The van der Waals surface area contributed by atoms with Gasteiger partial charge in [0.05, 0.1) is 12.6 Å². The molecular formula is C14H18BrN3O. The van der Waals surface area contributed by atoms with E-state index in [-0.39, 0.29) is 5.91 Å². The second-order valence-electron chi connectivity index (χ2n) is 5.25. The summed E-state index contributed by atoms with van der Waals surface area (Å²) in [7, 11) is 0. The maximum absolute atomic E-state index is 11.8. The van der Waals surface area contributed by atoms with Gasteiger partial charge < -0.3 is 15.1 Å². The number of halogens is 1. The molecule has 19 heavy (non-hydrogen) atoms. The van der Waals surface area contributed by atoms with Crippen molar-refractivity contribution in [2.45, 2.75) is 13.0 Å². The quantitative estimate of drug-likeness (QED) is 0.848. The minimum atomic E-state index is 0.239. The van der Waals surface area contributed by atoms with Gasteiger partial charge in [-0.05, 0) is 30.7 Å². The van der Waals surface area contributed by atoms with Gasteiger partial charge in [-0.1, -0.05) is 15.9 Å². The van der Waals surface area contributed by atoms with Crippen LogP contribution in [0.4, 0.5) is 5.69 Å². The molecule has 1 unspecified atom stereocenters. The molecule has 1 atom stereocenters. The summed E-state index contributed by atoms with van der Waals surface area (Å²) >= 11 is 3.54. The molecule has 1 aromatic rings. The van der Waals surface area contributed by atoms with Gasteiger partial charge >= 0.3 is 0 Å². The average molecular weight is 324 g/mol. The number of nitrogens with zero attached hydrogens (tertiary/aromatic N) is 2. The Morgan fingerprint density at radius 2 is 2.21 bits per heavy atom. The second kappa shape index (κ2) is 5.13. The molecule has 0 radical (unpaired) electrons. The third-order valence-electron chi connectivity index (χ3n) is 3.97. The Morgan fingerprint density at radius 1 is 1.37 bits per heavy atom. The predicted molar refractivity (Wildman–Crippen MR) is 79.5 cm³/mol. The third kappa shape index (κ3) is 2.49. The van der Waals surface area contributed by atoms with Crippen molar-refractivity contribution >= 4 is 27.5 Å². The summed E-state index contributed by atoms with van der Waals surface area (Å²) in [5, 5.41) is 3.20. The Kier molecular flexibility index (Phi) is 3.50. The maximum atomic E-state index is 11.8. The number of rotatable bonds is 1. The fraction of sp³-hybridized carbons (Fsp3) is 0.500. The number of piperazine rings is 2. The Hall–Kier alpha value is -1.07. The Balaban J connectivity index is 1.77. The van der Waals surface area contributed by atoms with E-state index < -0.39 is 0 Å². The van der Waals surface area contributed by atoms with Crippen molar-refractivity contribution < 1.29 is 4.79 Å². The molecule has 2 aliphatic heterocycles. The number of benzene rings is 1. The van der Waals surface area contributed by atoms with E-state index >= 15 is 0 Å². The molecule has 2 heterocycles.